The fourth-order valence-electron chi connectivity index (χ4n) is 3.01. The van der Waals surface area contributed by atoms with Crippen molar-refractivity contribution in [3.63, 3.8) is 0 Å². The van der Waals surface area contributed by atoms with E-state index in [1.807, 2.05) is 18.2 Å². The second-order valence-corrected chi connectivity index (χ2v) is 6.52. The number of nitrogens with zero attached hydrogens (tertiary/aromatic N) is 1. The van der Waals surface area contributed by atoms with Crippen molar-refractivity contribution < 1.29 is 19.4 Å². The van der Waals surface area contributed by atoms with Gasteiger partial charge in [0.05, 0.1) is 12.6 Å². The number of ether oxygens (including phenoxy) is 2. The predicted octanol–water partition coefficient (Wildman–Crippen LogP) is 3.64. The number of carbonyl (C=O) groups excluding carboxylic acids is 1. The van der Waals surface area contributed by atoms with E-state index in [4.69, 9.17) is 21.1 Å². The molecule has 0 saturated heterocycles. The lowest BCUT2D eigenvalue weighted by Gasteiger charge is -2.29. The van der Waals surface area contributed by atoms with Crippen molar-refractivity contribution in [2.24, 2.45) is 0 Å². The van der Waals surface area contributed by atoms with Gasteiger partial charge >= 0.3 is 5.97 Å². The molecule has 1 aromatic heterocycles. The molecule has 0 amide bonds. The van der Waals surface area contributed by atoms with Gasteiger partial charge in [0.2, 0.25) is 0 Å². The maximum Gasteiger partial charge on any atom is 0.338 e. The highest BCUT2D eigenvalue weighted by molar-refractivity contribution is 6.30. The van der Waals surface area contributed by atoms with E-state index in [-0.39, 0.29) is 11.8 Å². The van der Waals surface area contributed by atoms with Crippen molar-refractivity contribution in [1.29, 1.82) is 0 Å². The van der Waals surface area contributed by atoms with Crippen LogP contribution in [-0.2, 0) is 16.1 Å². The number of carbonyl (C=O) groups is 1. The minimum absolute atomic E-state index is 0.00501. The van der Waals surface area contributed by atoms with Crippen LogP contribution in [-0.4, -0.2) is 28.8 Å². The minimum atomic E-state index is -1.36. The Morgan fingerprint density at radius 1 is 1.29 bits per heavy atom. The molecule has 24 heavy (non-hydrogen) atoms. The molecule has 1 heterocycles. The number of aromatic nitrogens is 1. The van der Waals surface area contributed by atoms with Crippen molar-refractivity contribution in [2.45, 2.75) is 44.3 Å². The Kier molecular flexibility index (Phi) is 4.92. The summed E-state index contributed by atoms with van der Waals surface area (Å²) in [5.74, 6) is 0.123. The van der Waals surface area contributed by atoms with Gasteiger partial charge in [-0.1, -0.05) is 18.0 Å². The van der Waals surface area contributed by atoms with Gasteiger partial charge in [-0.3, -0.25) is 0 Å². The van der Waals surface area contributed by atoms with Gasteiger partial charge in [0.15, 0.2) is 5.60 Å². The van der Waals surface area contributed by atoms with Gasteiger partial charge in [0.25, 0.3) is 0 Å². The van der Waals surface area contributed by atoms with Gasteiger partial charge in [-0.05, 0) is 43.9 Å². The van der Waals surface area contributed by atoms with Crippen molar-refractivity contribution >= 4 is 28.5 Å². The molecule has 2 aromatic rings. The first kappa shape index (κ1) is 17.0. The van der Waals surface area contributed by atoms with E-state index in [1.165, 1.54) is 0 Å². The number of benzene rings is 1. The largest absolute Gasteiger partial charge is 0.497 e. The van der Waals surface area contributed by atoms with E-state index < -0.39 is 11.6 Å². The third kappa shape index (κ3) is 3.47. The lowest BCUT2D eigenvalue weighted by molar-refractivity contribution is -0.170. The average Bonchev–Trinajstić information content (AvgIpc) is 2.59. The van der Waals surface area contributed by atoms with Crippen LogP contribution in [0.1, 0.15) is 37.7 Å². The van der Waals surface area contributed by atoms with Crippen LogP contribution in [0.3, 0.4) is 0 Å². The number of rotatable bonds is 4. The van der Waals surface area contributed by atoms with E-state index in [9.17, 15) is 9.90 Å². The van der Waals surface area contributed by atoms with Crippen LogP contribution in [0, 0.1) is 0 Å². The highest BCUT2D eigenvalue weighted by Crippen LogP contribution is 2.30. The molecule has 0 aliphatic heterocycles. The molecule has 5 nitrogen and oxygen atoms in total. The predicted molar refractivity (Wildman–Crippen MR) is 91.1 cm³/mol. The molecule has 1 saturated carbocycles. The summed E-state index contributed by atoms with van der Waals surface area (Å²) in [6.45, 7) is -0.00501. The molecule has 0 atom stereocenters. The molecule has 0 radical (unpaired) electrons. The number of hydrogen-bond acceptors (Lipinski definition) is 5. The normalized spacial score (nSPS) is 16.8. The lowest BCUT2D eigenvalue weighted by atomic mass is 9.85. The second-order valence-electron chi connectivity index (χ2n) is 6.17. The Bertz CT molecular complexity index is 756. The second kappa shape index (κ2) is 6.95. The number of esters is 1. The molecule has 3 rings (SSSR count). The van der Waals surface area contributed by atoms with Crippen LogP contribution < -0.4 is 4.74 Å². The molecule has 1 fully saturated rings. The van der Waals surface area contributed by atoms with Crippen LogP contribution in [0.4, 0.5) is 0 Å². The molecule has 1 aliphatic rings. The third-order valence-electron chi connectivity index (χ3n) is 4.47. The molecular weight excluding hydrogens is 330 g/mol. The van der Waals surface area contributed by atoms with Crippen molar-refractivity contribution in [3.05, 3.63) is 35.0 Å². The average molecular weight is 350 g/mol. The van der Waals surface area contributed by atoms with Crippen LogP contribution in [0.25, 0.3) is 10.9 Å². The maximum atomic E-state index is 12.2. The molecular formula is C18H20ClNO4. The molecule has 1 aromatic carbocycles. The fourth-order valence-corrected chi connectivity index (χ4v) is 3.21. The zero-order valence-electron chi connectivity index (χ0n) is 13.5. The standard InChI is InChI=1S/C18H20ClNO4/c1-23-14-6-5-12-9-13(16(19)20-15(12)10-14)11-24-17(21)18(22)7-3-2-4-8-18/h5-6,9-10,22H,2-4,7-8,11H2,1H3. The number of methoxy groups -OCH3 is 1. The topological polar surface area (TPSA) is 68.7 Å². The van der Waals surface area contributed by atoms with Gasteiger partial charge in [-0.15, -0.1) is 0 Å². The monoisotopic (exact) mass is 349 g/mol. The molecule has 1 N–H and O–H groups in total. The Hall–Kier alpha value is -1.85. The first-order chi connectivity index (χ1) is 11.5. The number of fused-ring (bicyclic) bond motifs is 1. The minimum Gasteiger partial charge on any atom is -0.497 e. The number of pyridine rings is 1. The van der Waals surface area contributed by atoms with Gasteiger partial charge in [-0.25, -0.2) is 9.78 Å². The summed E-state index contributed by atoms with van der Waals surface area (Å²) in [5, 5.41) is 11.5. The summed E-state index contributed by atoms with van der Waals surface area (Å²) in [6, 6.07) is 7.33. The van der Waals surface area contributed by atoms with Gasteiger partial charge in [-0.2, -0.15) is 0 Å². The Morgan fingerprint density at radius 3 is 2.75 bits per heavy atom. The summed E-state index contributed by atoms with van der Waals surface area (Å²) < 4.78 is 10.5. The summed E-state index contributed by atoms with van der Waals surface area (Å²) in [7, 11) is 1.59. The Morgan fingerprint density at radius 2 is 2.04 bits per heavy atom. The van der Waals surface area contributed by atoms with Crippen molar-refractivity contribution in [1.82, 2.24) is 4.98 Å². The highest BCUT2D eigenvalue weighted by Gasteiger charge is 2.38. The van der Waals surface area contributed by atoms with E-state index in [0.717, 1.165) is 24.6 Å². The molecule has 6 heteroatoms. The van der Waals surface area contributed by atoms with Crippen LogP contribution in [0.5, 0.6) is 5.75 Å². The highest BCUT2D eigenvalue weighted by atomic mass is 35.5. The summed E-state index contributed by atoms with van der Waals surface area (Å²) >= 11 is 6.20. The summed E-state index contributed by atoms with van der Waals surface area (Å²) in [6.07, 6.45) is 3.63. The van der Waals surface area contributed by atoms with Crippen LogP contribution in [0.15, 0.2) is 24.3 Å². The number of halogens is 1. The smallest absolute Gasteiger partial charge is 0.338 e. The SMILES string of the molecule is COc1ccc2cc(COC(=O)C3(O)CCCCC3)c(Cl)nc2c1. The Balaban J connectivity index is 1.75. The summed E-state index contributed by atoms with van der Waals surface area (Å²) in [5.41, 5.74) is -0.0371. The van der Waals surface area contributed by atoms with Crippen LogP contribution >= 0.6 is 11.6 Å². The lowest BCUT2D eigenvalue weighted by Crippen LogP contribution is -2.41. The number of hydrogen-bond donors (Lipinski definition) is 1. The number of aliphatic hydroxyl groups is 1. The van der Waals surface area contributed by atoms with Gasteiger partial charge < -0.3 is 14.6 Å². The van der Waals surface area contributed by atoms with Gasteiger partial charge in [0, 0.05) is 17.0 Å². The third-order valence-corrected chi connectivity index (χ3v) is 4.80. The first-order valence-corrected chi connectivity index (χ1v) is 8.42. The quantitative estimate of drug-likeness (QED) is 0.674. The molecule has 1 aliphatic carbocycles. The van der Waals surface area contributed by atoms with Gasteiger partial charge in [0.1, 0.15) is 17.5 Å². The zero-order chi connectivity index (χ0) is 17.2. The molecule has 0 bridgehead atoms. The molecule has 128 valence electrons. The first-order valence-electron chi connectivity index (χ1n) is 8.05. The summed E-state index contributed by atoms with van der Waals surface area (Å²) in [4.78, 5) is 16.5. The Labute approximate surface area is 145 Å². The fraction of sp³-hybridized carbons (Fsp3) is 0.444. The maximum absolute atomic E-state index is 12.2. The van der Waals surface area contributed by atoms with E-state index in [2.05, 4.69) is 4.98 Å². The van der Waals surface area contributed by atoms with Crippen molar-refractivity contribution in [2.75, 3.05) is 7.11 Å². The van der Waals surface area contributed by atoms with E-state index in [1.54, 1.807) is 13.2 Å². The molecule has 0 unspecified atom stereocenters. The van der Waals surface area contributed by atoms with E-state index >= 15 is 0 Å². The zero-order valence-corrected chi connectivity index (χ0v) is 14.3. The molecule has 0 spiro atoms. The van der Waals surface area contributed by atoms with E-state index in [0.29, 0.717) is 29.7 Å². The van der Waals surface area contributed by atoms with Crippen LogP contribution in [0.2, 0.25) is 5.15 Å². The van der Waals surface area contributed by atoms with Crippen molar-refractivity contribution in [3.8, 4) is 5.75 Å².